The molecule has 2 amide bonds. The number of rotatable bonds is 4. The molecule has 0 bridgehead atoms. The van der Waals surface area contributed by atoms with Crippen LogP contribution in [0, 0.1) is 5.82 Å². The van der Waals surface area contributed by atoms with Crippen LogP contribution >= 0.6 is 0 Å². The second-order valence-corrected chi connectivity index (χ2v) is 5.18. The minimum absolute atomic E-state index is 0.0490. The highest BCUT2D eigenvalue weighted by atomic mass is 19.1. The minimum atomic E-state index is -0.653. The number of imide groups is 1. The number of anilines is 2. The lowest BCUT2D eigenvalue weighted by molar-refractivity contribution is -0.121. The molecule has 0 radical (unpaired) electrons. The lowest BCUT2D eigenvalue weighted by atomic mass is 10.2. The fourth-order valence-electron chi connectivity index (χ4n) is 2.52. The predicted octanol–water partition coefficient (Wildman–Crippen LogP) is 2.58. The van der Waals surface area contributed by atoms with E-state index in [0.717, 1.165) is 4.90 Å². The van der Waals surface area contributed by atoms with Crippen molar-refractivity contribution in [1.29, 1.82) is 0 Å². The van der Waals surface area contributed by atoms with E-state index in [2.05, 4.69) is 5.32 Å². The number of carbonyl (C=O) groups is 2. The Labute approximate surface area is 132 Å². The summed E-state index contributed by atoms with van der Waals surface area (Å²) in [5.41, 5.74) is 1.06. The van der Waals surface area contributed by atoms with Crippen molar-refractivity contribution in [3.63, 3.8) is 0 Å². The Morgan fingerprint density at radius 1 is 1.17 bits per heavy atom. The van der Waals surface area contributed by atoms with Gasteiger partial charge in [0.1, 0.15) is 17.6 Å². The fourth-order valence-corrected chi connectivity index (χ4v) is 2.52. The number of nitrogens with zero attached hydrogens (tertiary/aromatic N) is 1. The molecule has 2 aromatic carbocycles. The molecule has 1 saturated heterocycles. The summed E-state index contributed by atoms with van der Waals surface area (Å²) in [6.07, 6.45) is 0.0490. The van der Waals surface area contributed by atoms with Crippen LogP contribution in [0.1, 0.15) is 6.42 Å². The van der Waals surface area contributed by atoms with Gasteiger partial charge in [-0.3, -0.25) is 9.59 Å². The highest BCUT2D eigenvalue weighted by molar-refractivity contribution is 6.23. The molecule has 1 aliphatic heterocycles. The molecule has 118 valence electrons. The van der Waals surface area contributed by atoms with E-state index in [1.807, 2.05) is 0 Å². The molecule has 23 heavy (non-hydrogen) atoms. The van der Waals surface area contributed by atoms with Gasteiger partial charge < -0.3 is 10.1 Å². The van der Waals surface area contributed by atoms with Gasteiger partial charge >= 0.3 is 0 Å². The molecule has 0 saturated carbocycles. The van der Waals surface area contributed by atoms with Crippen LogP contribution in [0.5, 0.6) is 5.75 Å². The van der Waals surface area contributed by atoms with Gasteiger partial charge in [-0.25, -0.2) is 9.29 Å². The Morgan fingerprint density at radius 3 is 2.61 bits per heavy atom. The molecular weight excluding hydrogens is 299 g/mol. The zero-order valence-electron chi connectivity index (χ0n) is 12.5. The molecule has 1 unspecified atom stereocenters. The monoisotopic (exact) mass is 314 g/mol. The van der Waals surface area contributed by atoms with E-state index in [4.69, 9.17) is 4.74 Å². The van der Waals surface area contributed by atoms with Gasteiger partial charge in [-0.15, -0.1) is 0 Å². The van der Waals surface area contributed by atoms with Crippen molar-refractivity contribution >= 4 is 23.2 Å². The van der Waals surface area contributed by atoms with Gasteiger partial charge in [-0.1, -0.05) is 6.07 Å². The number of amides is 2. The zero-order valence-corrected chi connectivity index (χ0v) is 12.5. The zero-order chi connectivity index (χ0) is 16.4. The summed E-state index contributed by atoms with van der Waals surface area (Å²) in [6, 6.07) is 11.7. The number of ether oxygens (including phenoxy) is 1. The van der Waals surface area contributed by atoms with Crippen LogP contribution in [0.15, 0.2) is 48.5 Å². The van der Waals surface area contributed by atoms with Crippen LogP contribution in [0.2, 0.25) is 0 Å². The van der Waals surface area contributed by atoms with Crippen molar-refractivity contribution in [2.75, 3.05) is 17.3 Å². The lowest BCUT2D eigenvalue weighted by Crippen LogP contribution is -2.34. The average molecular weight is 314 g/mol. The van der Waals surface area contributed by atoms with Gasteiger partial charge in [-0.2, -0.15) is 0 Å². The molecule has 1 atom stereocenters. The third-order valence-electron chi connectivity index (χ3n) is 3.64. The molecule has 6 heteroatoms. The first-order chi connectivity index (χ1) is 11.1. The number of hydrogen-bond donors (Lipinski definition) is 1. The lowest BCUT2D eigenvalue weighted by Gasteiger charge is -2.16. The molecular formula is C17H15FN2O3. The molecule has 1 heterocycles. The van der Waals surface area contributed by atoms with Crippen molar-refractivity contribution < 1.29 is 18.7 Å². The number of benzene rings is 2. The van der Waals surface area contributed by atoms with Gasteiger partial charge in [0.25, 0.3) is 5.91 Å². The first-order valence-corrected chi connectivity index (χ1v) is 7.11. The first kappa shape index (κ1) is 15.0. The molecule has 0 spiro atoms. The first-order valence-electron chi connectivity index (χ1n) is 7.11. The maximum absolute atomic E-state index is 13.0. The van der Waals surface area contributed by atoms with E-state index in [1.165, 1.54) is 24.3 Å². The third kappa shape index (κ3) is 3.01. The Balaban J connectivity index is 1.79. The van der Waals surface area contributed by atoms with Crippen LogP contribution in [-0.4, -0.2) is 25.0 Å². The van der Waals surface area contributed by atoms with Gasteiger partial charge in [0, 0.05) is 11.8 Å². The molecule has 2 aromatic rings. The van der Waals surface area contributed by atoms with Crippen molar-refractivity contribution in [2.24, 2.45) is 0 Å². The quantitative estimate of drug-likeness (QED) is 0.881. The Kier molecular flexibility index (Phi) is 3.97. The molecule has 3 rings (SSSR count). The summed E-state index contributed by atoms with van der Waals surface area (Å²) in [6.45, 7) is 0. The average Bonchev–Trinajstić information content (AvgIpc) is 2.83. The third-order valence-corrected chi connectivity index (χ3v) is 3.64. The maximum Gasteiger partial charge on any atom is 0.256 e. The molecule has 0 aromatic heterocycles. The van der Waals surface area contributed by atoms with Gasteiger partial charge in [0.15, 0.2) is 0 Å². The predicted molar refractivity (Wildman–Crippen MR) is 83.9 cm³/mol. The van der Waals surface area contributed by atoms with Gasteiger partial charge in [0.05, 0.1) is 19.2 Å². The van der Waals surface area contributed by atoms with Gasteiger partial charge in [-0.05, 0) is 36.4 Å². The molecule has 1 fully saturated rings. The Morgan fingerprint density at radius 2 is 1.91 bits per heavy atom. The SMILES string of the molecule is COc1cccc(NC2CC(=O)N(c3ccc(F)cc3)C2=O)c1. The van der Waals surface area contributed by atoms with Crippen molar-refractivity contribution in [2.45, 2.75) is 12.5 Å². The highest BCUT2D eigenvalue weighted by Crippen LogP contribution is 2.26. The highest BCUT2D eigenvalue weighted by Gasteiger charge is 2.39. The number of nitrogens with one attached hydrogen (secondary N) is 1. The number of carbonyl (C=O) groups excluding carboxylic acids is 2. The molecule has 0 aliphatic carbocycles. The van der Waals surface area contributed by atoms with E-state index in [0.29, 0.717) is 17.1 Å². The number of methoxy groups -OCH3 is 1. The minimum Gasteiger partial charge on any atom is -0.497 e. The summed E-state index contributed by atoms with van der Waals surface area (Å²) >= 11 is 0. The van der Waals surface area contributed by atoms with Gasteiger partial charge in [0.2, 0.25) is 5.91 Å². The van der Waals surface area contributed by atoms with E-state index in [-0.39, 0.29) is 18.2 Å². The van der Waals surface area contributed by atoms with Crippen molar-refractivity contribution in [3.8, 4) is 5.75 Å². The van der Waals surface area contributed by atoms with E-state index in [1.54, 1.807) is 31.4 Å². The van der Waals surface area contributed by atoms with Crippen LogP contribution in [-0.2, 0) is 9.59 Å². The summed E-state index contributed by atoms with van der Waals surface area (Å²) in [4.78, 5) is 25.7. The van der Waals surface area contributed by atoms with E-state index < -0.39 is 11.9 Å². The van der Waals surface area contributed by atoms with Crippen molar-refractivity contribution in [1.82, 2.24) is 0 Å². The van der Waals surface area contributed by atoms with E-state index >= 15 is 0 Å². The fraction of sp³-hybridized carbons (Fsp3) is 0.176. The smallest absolute Gasteiger partial charge is 0.256 e. The second kappa shape index (κ2) is 6.08. The van der Waals surface area contributed by atoms with E-state index in [9.17, 15) is 14.0 Å². The summed E-state index contributed by atoms with van der Waals surface area (Å²) < 4.78 is 18.1. The van der Waals surface area contributed by atoms with Crippen LogP contribution < -0.4 is 15.0 Å². The van der Waals surface area contributed by atoms with Crippen molar-refractivity contribution in [3.05, 3.63) is 54.3 Å². The largest absolute Gasteiger partial charge is 0.497 e. The topological polar surface area (TPSA) is 58.6 Å². The normalized spacial score (nSPS) is 17.5. The molecule has 5 nitrogen and oxygen atoms in total. The number of halogens is 1. The maximum atomic E-state index is 13.0. The van der Waals surface area contributed by atoms with Crippen LogP contribution in [0.25, 0.3) is 0 Å². The summed E-state index contributed by atoms with van der Waals surface area (Å²) in [5.74, 6) is -0.438. The van der Waals surface area contributed by atoms with Crippen LogP contribution in [0.3, 0.4) is 0 Å². The summed E-state index contributed by atoms with van der Waals surface area (Å²) in [5, 5.41) is 3.04. The summed E-state index contributed by atoms with van der Waals surface area (Å²) in [7, 11) is 1.56. The Hall–Kier alpha value is -2.89. The number of hydrogen-bond acceptors (Lipinski definition) is 4. The molecule has 1 aliphatic rings. The standard InChI is InChI=1S/C17H15FN2O3/c1-23-14-4-2-3-12(9-14)19-15-10-16(21)20(17(15)22)13-7-5-11(18)6-8-13/h2-9,15,19H,10H2,1H3. The molecule has 1 N–H and O–H groups in total. The second-order valence-electron chi connectivity index (χ2n) is 5.18. The Bertz CT molecular complexity index is 746. The van der Waals surface area contributed by atoms with Crippen LogP contribution in [0.4, 0.5) is 15.8 Å².